The molecule has 26 heavy (non-hydrogen) atoms. The Morgan fingerprint density at radius 2 is 1.81 bits per heavy atom. The molecule has 0 aliphatic heterocycles. The Balaban J connectivity index is 1.59. The maximum Gasteiger partial charge on any atom is 0.264 e. The number of nitrogens with zero attached hydrogens (tertiary/aromatic N) is 3. The van der Waals surface area contributed by atoms with Gasteiger partial charge in [0.15, 0.2) is 5.11 Å². The van der Waals surface area contributed by atoms with E-state index in [4.69, 9.17) is 12.2 Å². The number of rotatable bonds is 6. The summed E-state index contributed by atoms with van der Waals surface area (Å²) in [4.78, 5) is 7.77. The molecule has 0 spiro atoms. The van der Waals surface area contributed by atoms with E-state index in [0.29, 0.717) is 17.3 Å². The average molecular weight is 389 g/mol. The van der Waals surface area contributed by atoms with Gasteiger partial charge in [0, 0.05) is 24.3 Å². The van der Waals surface area contributed by atoms with Crippen LogP contribution in [0.25, 0.3) is 0 Å². The third-order valence-corrected chi connectivity index (χ3v) is 4.80. The highest BCUT2D eigenvalue weighted by atomic mass is 32.2. The van der Waals surface area contributed by atoms with Crippen molar-refractivity contribution in [1.82, 2.24) is 25.5 Å². The molecule has 0 amide bonds. The topological polar surface area (TPSA) is 125 Å². The molecule has 0 saturated carbocycles. The first-order valence-corrected chi connectivity index (χ1v) is 9.35. The van der Waals surface area contributed by atoms with Crippen LogP contribution in [0.4, 0.5) is 11.6 Å². The van der Waals surface area contributed by atoms with E-state index in [0.717, 1.165) is 5.69 Å². The zero-order valence-electron chi connectivity index (χ0n) is 13.4. The van der Waals surface area contributed by atoms with Gasteiger partial charge in [-0.25, -0.2) is 23.1 Å². The van der Waals surface area contributed by atoms with E-state index in [1.165, 1.54) is 24.5 Å². The predicted octanol–water partition coefficient (Wildman–Crippen LogP) is 1.49. The number of aromatic nitrogens is 4. The van der Waals surface area contributed by atoms with Gasteiger partial charge >= 0.3 is 0 Å². The Kier molecular flexibility index (Phi) is 5.39. The highest BCUT2D eigenvalue weighted by Crippen LogP contribution is 2.16. The number of nitrogens with one attached hydrogen (secondary N) is 4. The Labute approximate surface area is 155 Å². The normalized spacial score (nSPS) is 10.9. The summed E-state index contributed by atoms with van der Waals surface area (Å²) in [5, 5.41) is 13.1. The highest BCUT2D eigenvalue weighted by molar-refractivity contribution is 7.92. The molecule has 3 aromatic rings. The first-order valence-electron chi connectivity index (χ1n) is 7.46. The Bertz CT molecular complexity index is 959. The summed E-state index contributed by atoms with van der Waals surface area (Å²) in [5.41, 5.74) is 1.55. The maximum absolute atomic E-state index is 12.3. The van der Waals surface area contributed by atoms with Crippen LogP contribution in [-0.4, -0.2) is 33.7 Å². The third-order valence-electron chi connectivity index (χ3n) is 3.21. The van der Waals surface area contributed by atoms with Gasteiger partial charge in [0.1, 0.15) is 0 Å². The molecule has 0 saturated heterocycles. The fourth-order valence-corrected chi connectivity index (χ4v) is 3.13. The lowest BCUT2D eigenvalue weighted by atomic mass is 10.3. The third kappa shape index (κ3) is 4.74. The van der Waals surface area contributed by atoms with Crippen molar-refractivity contribution in [2.24, 2.45) is 0 Å². The number of anilines is 2. The first kappa shape index (κ1) is 17.8. The molecule has 0 aliphatic carbocycles. The number of hydrogen-bond donors (Lipinski definition) is 4. The monoisotopic (exact) mass is 389 g/mol. The number of H-pyrrole nitrogens is 1. The van der Waals surface area contributed by atoms with E-state index >= 15 is 0 Å². The van der Waals surface area contributed by atoms with Crippen molar-refractivity contribution in [3.8, 4) is 0 Å². The minimum atomic E-state index is -3.76. The van der Waals surface area contributed by atoms with Gasteiger partial charge in [0.05, 0.1) is 17.1 Å². The summed E-state index contributed by atoms with van der Waals surface area (Å²) in [7, 11) is -3.76. The Morgan fingerprint density at radius 3 is 2.46 bits per heavy atom. The summed E-state index contributed by atoms with van der Waals surface area (Å²) >= 11 is 5.20. The molecule has 9 nitrogen and oxygen atoms in total. The molecule has 2 heterocycles. The van der Waals surface area contributed by atoms with Gasteiger partial charge in [0.25, 0.3) is 10.0 Å². The zero-order valence-corrected chi connectivity index (χ0v) is 15.0. The van der Waals surface area contributed by atoms with Gasteiger partial charge in [-0.2, -0.15) is 5.10 Å². The van der Waals surface area contributed by atoms with Crippen LogP contribution in [0.3, 0.4) is 0 Å². The van der Waals surface area contributed by atoms with Crippen LogP contribution < -0.4 is 15.4 Å². The van der Waals surface area contributed by atoms with Crippen LogP contribution in [0.15, 0.2) is 59.9 Å². The van der Waals surface area contributed by atoms with Crippen molar-refractivity contribution in [2.75, 3.05) is 10.0 Å². The molecule has 0 aliphatic rings. The Morgan fingerprint density at radius 1 is 1.08 bits per heavy atom. The van der Waals surface area contributed by atoms with Crippen LogP contribution in [0.1, 0.15) is 5.69 Å². The smallest absolute Gasteiger partial charge is 0.264 e. The Hall–Kier alpha value is -3.05. The van der Waals surface area contributed by atoms with Gasteiger partial charge in [-0.3, -0.25) is 5.10 Å². The van der Waals surface area contributed by atoms with Crippen molar-refractivity contribution in [2.45, 2.75) is 11.4 Å². The molecule has 0 bridgehead atoms. The van der Waals surface area contributed by atoms with Gasteiger partial charge < -0.3 is 10.6 Å². The number of hydrogen-bond acceptors (Lipinski definition) is 6. The summed E-state index contributed by atoms with van der Waals surface area (Å²) < 4.78 is 26.9. The molecule has 0 radical (unpaired) electrons. The van der Waals surface area contributed by atoms with E-state index in [9.17, 15) is 8.42 Å². The zero-order chi connectivity index (χ0) is 18.4. The summed E-state index contributed by atoms with van der Waals surface area (Å²) in [6.07, 6.45) is 4.56. The summed E-state index contributed by atoms with van der Waals surface area (Å²) in [5.74, 6) is 0.0129. The quantitative estimate of drug-likeness (QED) is 0.467. The maximum atomic E-state index is 12.3. The number of benzene rings is 1. The fourth-order valence-electron chi connectivity index (χ4n) is 1.98. The van der Waals surface area contributed by atoms with Crippen molar-refractivity contribution < 1.29 is 8.42 Å². The van der Waals surface area contributed by atoms with Crippen LogP contribution in [0.2, 0.25) is 0 Å². The molecule has 0 fully saturated rings. The molecule has 0 unspecified atom stereocenters. The minimum Gasteiger partial charge on any atom is -0.357 e. The summed E-state index contributed by atoms with van der Waals surface area (Å²) in [6.45, 7) is 0.499. The lowest BCUT2D eigenvalue weighted by Gasteiger charge is -2.11. The van der Waals surface area contributed by atoms with Gasteiger partial charge in [-0.05, 0) is 48.6 Å². The molecule has 3 rings (SSSR count). The number of aromatic amines is 1. The lowest BCUT2D eigenvalue weighted by Crippen LogP contribution is -2.28. The molecule has 0 atom stereocenters. The first-order chi connectivity index (χ1) is 12.5. The molecular formula is C15H15N7O2S2. The second-order valence-electron chi connectivity index (χ2n) is 5.09. The van der Waals surface area contributed by atoms with Crippen LogP contribution in [0, 0.1) is 0 Å². The molecule has 1 aromatic carbocycles. The largest absolute Gasteiger partial charge is 0.357 e. The van der Waals surface area contributed by atoms with Crippen LogP contribution in [-0.2, 0) is 16.6 Å². The van der Waals surface area contributed by atoms with E-state index in [-0.39, 0.29) is 10.8 Å². The molecule has 11 heteroatoms. The second kappa shape index (κ2) is 7.89. The standard InChI is InChI=1S/C15H15N7O2S2/c23-26(24,22-14-16-7-1-8-17-14)13-4-2-11(3-5-13)20-15(25)18-10-12-6-9-19-21-12/h1-9H,10H2,(H,19,21)(H,16,17,22)(H2,18,20,25). The van der Waals surface area contributed by atoms with Gasteiger partial charge in [0.2, 0.25) is 5.95 Å². The molecule has 2 aromatic heterocycles. The lowest BCUT2D eigenvalue weighted by molar-refractivity contribution is 0.601. The second-order valence-corrected chi connectivity index (χ2v) is 7.18. The van der Waals surface area contributed by atoms with E-state index in [1.54, 1.807) is 24.4 Å². The van der Waals surface area contributed by atoms with Crippen molar-refractivity contribution >= 4 is 39.0 Å². The van der Waals surface area contributed by atoms with E-state index in [2.05, 4.69) is 35.5 Å². The predicted molar refractivity (Wildman–Crippen MR) is 101 cm³/mol. The van der Waals surface area contributed by atoms with Crippen molar-refractivity contribution in [1.29, 1.82) is 0 Å². The molecule has 134 valence electrons. The van der Waals surface area contributed by atoms with E-state index < -0.39 is 10.0 Å². The van der Waals surface area contributed by atoms with Crippen LogP contribution in [0.5, 0.6) is 0 Å². The average Bonchev–Trinajstić information content (AvgIpc) is 3.14. The fraction of sp³-hybridized carbons (Fsp3) is 0.0667. The van der Waals surface area contributed by atoms with Crippen molar-refractivity contribution in [3.05, 3.63) is 60.7 Å². The van der Waals surface area contributed by atoms with Crippen molar-refractivity contribution in [3.63, 3.8) is 0 Å². The number of thiocarbonyl (C=S) groups is 1. The minimum absolute atomic E-state index is 0.0129. The summed E-state index contributed by atoms with van der Waals surface area (Å²) in [6, 6.07) is 9.59. The van der Waals surface area contributed by atoms with Gasteiger partial charge in [-0.1, -0.05) is 0 Å². The highest BCUT2D eigenvalue weighted by Gasteiger charge is 2.15. The molecule has 4 N–H and O–H groups in total. The SMILES string of the molecule is O=S(=O)(Nc1ncccn1)c1ccc(NC(=S)NCc2ccn[nH]2)cc1. The number of sulfonamides is 1. The van der Waals surface area contributed by atoms with Crippen LogP contribution >= 0.6 is 12.2 Å². The van der Waals surface area contributed by atoms with Gasteiger partial charge in [-0.15, -0.1) is 0 Å². The molecular weight excluding hydrogens is 374 g/mol. The van der Waals surface area contributed by atoms with E-state index in [1.807, 2.05) is 6.07 Å².